The molecule has 2 aliphatic rings. The third-order valence-electron chi connectivity index (χ3n) is 5.26. The Labute approximate surface area is 163 Å². The monoisotopic (exact) mass is 384 g/mol. The number of hydrogen-bond acceptors (Lipinski definition) is 5. The Morgan fingerprint density at radius 1 is 1.30 bits per heavy atom. The van der Waals surface area contributed by atoms with Crippen LogP contribution in [-0.2, 0) is 30.7 Å². The average molecular weight is 385 g/mol. The number of carbonyl (C=O) groups is 2. The number of piperazine rings is 1. The normalized spacial score (nSPS) is 17.5. The Balaban J connectivity index is 1.43. The van der Waals surface area contributed by atoms with Crippen LogP contribution in [0.2, 0.25) is 0 Å². The van der Waals surface area contributed by atoms with E-state index >= 15 is 0 Å². The first kappa shape index (κ1) is 18.1. The van der Waals surface area contributed by atoms with Crippen LogP contribution in [0.1, 0.15) is 39.0 Å². The molecule has 0 bridgehead atoms. The molecule has 1 saturated heterocycles. The first-order chi connectivity index (χ1) is 13.1. The van der Waals surface area contributed by atoms with E-state index in [0.29, 0.717) is 13.1 Å². The van der Waals surface area contributed by atoms with Gasteiger partial charge in [-0.3, -0.25) is 19.5 Å². The van der Waals surface area contributed by atoms with E-state index in [-0.39, 0.29) is 18.4 Å². The number of rotatable bonds is 4. The van der Waals surface area contributed by atoms with Crippen molar-refractivity contribution < 1.29 is 9.59 Å². The van der Waals surface area contributed by atoms with E-state index in [9.17, 15) is 9.59 Å². The van der Waals surface area contributed by atoms with Gasteiger partial charge in [0.15, 0.2) is 0 Å². The van der Waals surface area contributed by atoms with Crippen molar-refractivity contribution in [1.82, 2.24) is 20.1 Å². The SMILES string of the molecule is CCc1ccc(CN2CCc3c(C(=O)N4CCNC(=O)C4)csc3C2)nc1. The van der Waals surface area contributed by atoms with Crippen molar-refractivity contribution in [2.75, 3.05) is 26.2 Å². The number of aromatic nitrogens is 1. The largest absolute Gasteiger partial charge is 0.353 e. The summed E-state index contributed by atoms with van der Waals surface area (Å²) in [7, 11) is 0. The summed E-state index contributed by atoms with van der Waals surface area (Å²) in [4.78, 5) is 34.3. The fourth-order valence-electron chi connectivity index (χ4n) is 3.66. The first-order valence-electron chi connectivity index (χ1n) is 9.45. The van der Waals surface area contributed by atoms with E-state index in [1.54, 1.807) is 16.2 Å². The van der Waals surface area contributed by atoms with Crippen LogP contribution >= 0.6 is 11.3 Å². The van der Waals surface area contributed by atoms with E-state index in [2.05, 4.69) is 34.3 Å². The maximum absolute atomic E-state index is 12.8. The lowest BCUT2D eigenvalue weighted by Gasteiger charge is -2.29. The summed E-state index contributed by atoms with van der Waals surface area (Å²) in [5.74, 6) is -0.0842. The molecular weight excluding hydrogens is 360 g/mol. The van der Waals surface area contributed by atoms with Gasteiger partial charge >= 0.3 is 0 Å². The van der Waals surface area contributed by atoms with Crippen LogP contribution in [-0.4, -0.2) is 52.8 Å². The van der Waals surface area contributed by atoms with E-state index in [0.717, 1.165) is 43.7 Å². The van der Waals surface area contributed by atoms with E-state index in [1.807, 2.05) is 11.6 Å². The molecule has 0 radical (unpaired) electrons. The molecule has 4 heterocycles. The van der Waals surface area contributed by atoms with Crippen molar-refractivity contribution in [2.45, 2.75) is 32.9 Å². The second-order valence-electron chi connectivity index (χ2n) is 7.10. The summed E-state index contributed by atoms with van der Waals surface area (Å²) in [5, 5.41) is 4.74. The summed E-state index contributed by atoms with van der Waals surface area (Å²) in [6.07, 6.45) is 3.83. The molecule has 6 nitrogen and oxygen atoms in total. The molecule has 1 fully saturated rings. The average Bonchev–Trinajstić information content (AvgIpc) is 3.11. The number of nitrogens with one attached hydrogen (secondary N) is 1. The van der Waals surface area contributed by atoms with Crippen molar-refractivity contribution in [3.8, 4) is 0 Å². The van der Waals surface area contributed by atoms with Crippen LogP contribution in [0.4, 0.5) is 0 Å². The number of amides is 2. The number of thiophene rings is 1. The fourth-order valence-corrected chi connectivity index (χ4v) is 4.78. The molecule has 0 saturated carbocycles. The van der Waals surface area contributed by atoms with Crippen LogP contribution < -0.4 is 5.32 Å². The summed E-state index contributed by atoms with van der Waals surface area (Å²) in [6.45, 7) is 6.02. The lowest BCUT2D eigenvalue weighted by molar-refractivity contribution is -0.123. The van der Waals surface area contributed by atoms with Crippen LogP contribution in [0.15, 0.2) is 23.7 Å². The van der Waals surface area contributed by atoms with Gasteiger partial charge in [-0.25, -0.2) is 0 Å². The van der Waals surface area contributed by atoms with Crippen LogP contribution in [0.25, 0.3) is 0 Å². The zero-order chi connectivity index (χ0) is 18.8. The van der Waals surface area contributed by atoms with Gasteiger partial charge in [-0.15, -0.1) is 11.3 Å². The maximum Gasteiger partial charge on any atom is 0.255 e. The molecule has 0 atom stereocenters. The Kier molecular flexibility index (Phi) is 5.22. The Hall–Kier alpha value is -2.25. The molecular formula is C20H24N4O2S. The Morgan fingerprint density at radius 2 is 2.19 bits per heavy atom. The molecule has 7 heteroatoms. The third-order valence-corrected chi connectivity index (χ3v) is 6.28. The number of nitrogens with zero attached hydrogens (tertiary/aromatic N) is 3. The number of hydrogen-bond donors (Lipinski definition) is 1. The highest BCUT2D eigenvalue weighted by Crippen LogP contribution is 2.30. The summed E-state index contributed by atoms with van der Waals surface area (Å²) < 4.78 is 0. The van der Waals surface area contributed by atoms with Crippen molar-refractivity contribution >= 4 is 23.2 Å². The molecule has 4 rings (SSSR count). The van der Waals surface area contributed by atoms with Gasteiger partial charge in [-0.1, -0.05) is 13.0 Å². The molecule has 0 spiro atoms. The van der Waals surface area contributed by atoms with Gasteiger partial charge in [0.05, 0.1) is 17.8 Å². The van der Waals surface area contributed by atoms with E-state index in [1.165, 1.54) is 16.0 Å². The molecule has 1 N–H and O–H groups in total. The number of carbonyl (C=O) groups excluding carboxylic acids is 2. The first-order valence-corrected chi connectivity index (χ1v) is 10.3. The van der Waals surface area contributed by atoms with Gasteiger partial charge in [0.1, 0.15) is 0 Å². The van der Waals surface area contributed by atoms with Gasteiger partial charge in [0, 0.05) is 49.2 Å². The van der Waals surface area contributed by atoms with Gasteiger partial charge in [0.2, 0.25) is 5.91 Å². The zero-order valence-corrected chi connectivity index (χ0v) is 16.3. The summed E-state index contributed by atoms with van der Waals surface area (Å²) in [5.41, 5.74) is 4.30. The van der Waals surface area contributed by atoms with Crippen LogP contribution in [0.3, 0.4) is 0 Å². The molecule has 0 unspecified atom stereocenters. The van der Waals surface area contributed by atoms with E-state index < -0.39 is 0 Å². The highest BCUT2D eigenvalue weighted by Gasteiger charge is 2.28. The zero-order valence-electron chi connectivity index (χ0n) is 15.5. The van der Waals surface area contributed by atoms with Gasteiger partial charge in [-0.2, -0.15) is 0 Å². The van der Waals surface area contributed by atoms with Gasteiger partial charge in [-0.05, 0) is 30.0 Å². The number of fused-ring (bicyclic) bond motifs is 1. The fraction of sp³-hybridized carbons (Fsp3) is 0.450. The van der Waals surface area contributed by atoms with Crippen LogP contribution in [0, 0.1) is 0 Å². The quantitative estimate of drug-likeness (QED) is 0.874. The Bertz CT molecular complexity index is 846. The van der Waals surface area contributed by atoms with Crippen LogP contribution in [0.5, 0.6) is 0 Å². The molecule has 27 heavy (non-hydrogen) atoms. The lowest BCUT2D eigenvalue weighted by atomic mass is 10.0. The van der Waals surface area contributed by atoms with Gasteiger partial charge < -0.3 is 10.2 Å². The highest BCUT2D eigenvalue weighted by molar-refractivity contribution is 7.10. The predicted octanol–water partition coefficient (Wildman–Crippen LogP) is 1.84. The highest BCUT2D eigenvalue weighted by atomic mass is 32.1. The van der Waals surface area contributed by atoms with Crippen molar-refractivity contribution in [3.63, 3.8) is 0 Å². The second kappa shape index (κ2) is 7.78. The predicted molar refractivity (Wildman–Crippen MR) is 105 cm³/mol. The molecule has 2 aliphatic heterocycles. The molecule has 2 aromatic heterocycles. The minimum absolute atomic E-state index is 0.00683. The molecule has 142 valence electrons. The lowest BCUT2D eigenvalue weighted by Crippen LogP contribution is -2.50. The number of aryl methyl sites for hydroxylation is 1. The van der Waals surface area contributed by atoms with Crippen molar-refractivity contribution in [2.24, 2.45) is 0 Å². The maximum atomic E-state index is 12.8. The van der Waals surface area contributed by atoms with Gasteiger partial charge in [0.25, 0.3) is 5.91 Å². The smallest absolute Gasteiger partial charge is 0.255 e. The van der Waals surface area contributed by atoms with E-state index in [4.69, 9.17) is 0 Å². The molecule has 0 aliphatic carbocycles. The minimum Gasteiger partial charge on any atom is -0.353 e. The molecule has 0 aromatic carbocycles. The summed E-state index contributed by atoms with van der Waals surface area (Å²) in [6, 6.07) is 4.26. The standard InChI is InChI=1S/C20H24N4O2S/c1-2-14-3-4-15(22-9-14)10-23-7-5-16-17(13-27-18(16)11-23)20(26)24-8-6-21-19(25)12-24/h3-4,9,13H,2,5-8,10-12H2,1H3,(H,21,25). The Morgan fingerprint density at radius 3 is 2.93 bits per heavy atom. The van der Waals surface area contributed by atoms with Crippen molar-refractivity contribution in [1.29, 1.82) is 0 Å². The molecule has 2 aromatic rings. The number of pyridine rings is 1. The summed E-state index contributed by atoms with van der Waals surface area (Å²) >= 11 is 1.66. The minimum atomic E-state index is -0.0773. The van der Waals surface area contributed by atoms with Crippen molar-refractivity contribution in [3.05, 3.63) is 51.0 Å². The topological polar surface area (TPSA) is 65.5 Å². The third kappa shape index (κ3) is 3.89. The second-order valence-corrected chi connectivity index (χ2v) is 8.06. The molecule has 2 amide bonds.